The van der Waals surface area contributed by atoms with Gasteiger partial charge in [0, 0.05) is 6.54 Å². The minimum Gasteiger partial charge on any atom is -0.376 e. The number of rotatable bonds is 6. The van der Waals surface area contributed by atoms with Gasteiger partial charge in [-0.05, 0) is 67.9 Å². The lowest BCUT2D eigenvalue weighted by Crippen LogP contribution is -2.34. The summed E-state index contributed by atoms with van der Waals surface area (Å²) in [5.41, 5.74) is 0. The standard InChI is InChI=1S/C14H23BrN2O/c1-11-8-13(9-12(2)18-11)10-17-7-5-4-6-14(15)16-3/h4-6,11-13,17H,3,7-10H2,1-2H3. The number of ether oxygens (including phenoxy) is 1. The van der Waals surface area contributed by atoms with Crippen molar-refractivity contribution in [3.05, 3.63) is 22.8 Å². The summed E-state index contributed by atoms with van der Waals surface area (Å²) < 4.78 is 6.48. The predicted octanol–water partition coefficient (Wildman–Crippen LogP) is 3.27. The van der Waals surface area contributed by atoms with Crippen molar-refractivity contribution in [2.24, 2.45) is 10.9 Å². The smallest absolute Gasteiger partial charge is 0.105 e. The van der Waals surface area contributed by atoms with Gasteiger partial charge < -0.3 is 10.1 Å². The van der Waals surface area contributed by atoms with E-state index in [1.807, 2.05) is 12.2 Å². The highest BCUT2D eigenvalue weighted by atomic mass is 79.9. The molecule has 0 aromatic heterocycles. The van der Waals surface area contributed by atoms with E-state index in [1.54, 1.807) is 0 Å². The molecular formula is C14H23BrN2O. The Kier molecular flexibility index (Phi) is 7.47. The summed E-state index contributed by atoms with van der Waals surface area (Å²) in [5.74, 6) is 0.731. The van der Waals surface area contributed by atoms with E-state index in [9.17, 15) is 0 Å². The molecule has 3 nitrogen and oxygen atoms in total. The summed E-state index contributed by atoms with van der Waals surface area (Å²) in [6.45, 7) is 9.69. The predicted molar refractivity (Wildman–Crippen MR) is 81.3 cm³/mol. The Hall–Kier alpha value is -0.450. The largest absolute Gasteiger partial charge is 0.376 e. The Balaban J connectivity index is 2.16. The molecule has 0 saturated carbocycles. The Morgan fingerprint density at radius 2 is 2.11 bits per heavy atom. The number of hydrogen-bond donors (Lipinski definition) is 1. The Labute approximate surface area is 119 Å². The van der Waals surface area contributed by atoms with Gasteiger partial charge in [-0.25, -0.2) is 0 Å². The number of halogens is 1. The van der Waals surface area contributed by atoms with Crippen LogP contribution < -0.4 is 5.32 Å². The highest BCUT2D eigenvalue weighted by molar-refractivity contribution is 9.11. The summed E-state index contributed by atoms with van der Waals surface area (Å²) in [4.78, 5) is 3.74. The molecule has 1 aliphatic rings. The van der Waals surface area contributed by atoms with Crippen molar-refractivity contribution in [3.63, 3.8) is 0 Å². The fourth-order valence-corrected chi connectivity index (χ4v) is 2.50. The van der Waals surface area contributed by atoms with Crippen molar-refractivity contribution in [2.75, 3.05) is 13.1 Å². The molecule has 2 unspecified atom stereocenters. The van der Waals surface area contributed by atoms with Gasteiger partial charge in [0.1, 0.15) is 4.61 Å². The first-order chi connectivity index (χ1) is 8.61. The first-order valence-electron chi connectivity index (χ1n) is 6.47. The van der Waals surface area contributed by atoms with Gasteiger partial charge in [0.15, 0.2) is 0 Å². The van der Waals surface area contributed by atoms with Crippen LogP contribution in [-0.2, 0) is 4.74 Å². The molecule has 1 fully saturated rings. The molecule has 0 aromatic carbocycles. The van der Waals surface area contributed by atoms with Crippen LogP contribution in [-0.4, -0.2) is 32.0 Å². The monoisotopic (exact) mass is 314 g/mol. The summed E-state index contributed by atoms with van der Waals surface area (Å²) in [5, 5.41) is 3.45. The van der Waals surface area contributed by atoms with Gasteiger partial charge in [-0.2, -0.15) is 0 Å². The SMILES string of the molecule is C=NC(Br)=CC=CCNCC1CC(C)OC(C)C1. The van der Waals surface area contributed by atoms with Crippen LogP contribution in [0.5, 0.6) is 0 Å². The molecule has 0 spiro atoms. The third-order valence-electron chi connectivity index (χ3n) is 3.01. The molecule has 1 N–H and O–H groups in total. The molecule has 0 aromatic rings. The maximum Gasteiger partial charge on any atom is 0.105 e. The fraction of sp³-hybridized carbons (Fsp3) is 0.643. The van der Waals surface area contributed by atoms with Gasteiger partial charge in [0.05, 0.1) is 12.2 Å². The van der Waals surface area contributed by atoms with Crippen LogP contribution >= 0.6 is 15.9 Å². The van der Waals surface area contributed by atoms with Crippen LogP contribution in [0.15, 0.2) is 27.8 Å². The van der Waals surface area contributed by atoms with Crippen molar-refractivity contribution in [1.82, 2.24) is 5.32 Å². The van der Waals surface area contributed by atoms with Crippen molar-refractivity contribution < 1.29 is 4.74 Å². The minimum atomic E-state index is 0.397. The molecule has 18 heavy (non-hydrogen) atoms. The highest BCUT2D eigenvalue weighted by Crippen LogP contribution is 2.23. The molecule has 102 valence electrons. The molecule has 1 rings (SSSR count). The van der Waals surface area contributed by atoms with Gasteiger partial charge in [0.25, 0.3) is 0 Å². The van der Waals surface area contributed by atoms with E-state index in [1.165, 1.54) is 0 Å². The second-order valence-corrected chi connectivity index (χ2v) is 5.64. The lowest BCUT2D eigenvalue weighted by atomic mass is 9.92. The molecule has 0 amide bonds. The summed E-state index contributed by atoms with van der Waals surface area (Å²) in [7, 11) is 0. The van der Waals surface area contributed by atoms with Gasteiger partial charge in [-0.3, -0.25) is 4.99 Å². The van der Waals surface area contributed by atoms with Crippen LogP contribution in [0.4, 0.5) is 0 Å². The molecule has 1 heterocycles. The quantitative estimate of drug-likeness (QED) is 0.353. The van der Waals surface area contributed by atoms with Gasteiger partial charge in [-0.1, -0.05) is 12.2 Å². The summed E-state index contributed by atoms with van der Waals surface area (Å²) in [6.07, 6.45) is 9.05. The first kappa shape index (κ1) is 15.6. The van der Waals surface area contributed by atoms with Crippen molar-refractivity contribution in [2.45, 2.75) is 38.9 Å². The number of nitrogens with one attached hydrogen (secondary N) is 1. The van der Waals surface area contributed by atoms with Crippen molar-refractivity contribution >= 4 is 22.6 Å². The van der Waals surface area contributed by atoms with Gasteiger partial charge >= 0.3 is 0 Å². The van der Waals surface area contributed by atoms with Crippen LogP contribution in [0.1, 0.15) is 26.7 Å². The molecule has 0 bridgehead atoms. The Bertz CT molecular complexity index is 305. The van der Waals surface area contributed by atoms with E-state index in [2.05, 4.69) is 52.9 Å². The summed E-state index contributed by atoms with van der Waals surface area (Å²) >= 11 is 3.27. The number of hydrogen-bond acceptors (Lipinski definition) is 3. The normalized spacial score (nSPS) is 29.7. The molecule has 4 heteroatoms. The zero-order valence-corrected chi connectivity index (χ0v) is 12.8. The zero-order valence-electron chi connectivity index (χ0n) is 11.2. The average molecular weight is 315 g/mol. The Morgan fingerprint density at radius 1 is 1.44 bits per heavy atom. The zero-order chi connectivity index (χ0) is 13.4. The number of nitrogens with zero attached hydrogens (tertiary/aromatic N) is 1. The van der Waals surface area contributed by atoms with E-state index in [4.69, 9.17) is 4.74 Å². The number of aliphatic imine (C=N–C) groups is 1. The van der Waals surface area contributed by atoms with E-state index in [0.29, 0.717) is 12.2 Å². The molecule has 1 saturated heterocycles. The van der Waals surface area contributed by atoms with E-state index in [-0.39, 0.29) is 0 Å². The average Bonchev–Trinajstić information content (AvgIpc) is 2.32. The van der Waals surface area contributed by atoms with Crippen LogP contribution in [0.25, 0.3) is 0 Å². The second-order valence-electron chi connectivity index (χ2n) is 4.83. The second kappa shape index (κ2) is 8.62. The van der Waals surface area contributed by atoms with Crippen molar-refractivity contribution in [3.8, 4) is 0 Å². The summed E-state index contributed by atoms with van der Waals surface area (Å²) in [6, 6.07) is 0. The first-order valence-corrected chi connectivity index (χ1v) is 7.26. The van der Waals surface area contributed by atoms with Crippen molar-refractivity contribution in [1.29, 1.82) is 0 Å². The maximum atomic E-state index is 5.73. The molecule has 0 aliphatic carbocycles. The lowest BCUT2D eigenvalue weighted by Gasteiger charge is -2.32. The maximum absolute atomic E-state index is 5.73. The van der Waals surface area contributed by atoms with Gasteiger partial charge in [0.2, 0.25) is 0 Å². The Morgan fingerprint density at radius 3 is 2.72 bits per heavy atom. The molecule has 2 atom stereocenters. The van der Waals surface area contributed by atoms with E-state index in [0.717, 1.165) is 36.5 Å². The van der Waals surface area contributed by atoms with Crippen LogP contribution in [0, 0.1) is 5.92 Å². The van der Waals surface area contributed by atoms with Gasteiger partial charge in [-0.15, -0.1) is 0 Å². The lowest BCUT2D eigenvalue weighted by molar-refractivity contribution is -0.0514. The van der Waals surface area contributed by atoms with Crippen LogP contribution in [0.2, 0.25) is 0 Å². The molecular weight excluding hydrogens is 292 g/mol. The topological polar surface area (TPSA) is 33.6 Å². The fourth-order valence-electron chi connectivity index (χ4n) is 2.35. The van der Waals surface area contributed by atoms with E-state index < -0.39 is 0 Å². The van der Waals surface area contributed by atoms with E-state index >= 15 is 0 Å². The van der Waals surface area contributed by atoms with Crippen LogP contribution in [0.3, 0.4) is 0 Å². The molecule has 0 radical (unpaired) electrons. The highest BCUT2D eigenvalue weighted by Gasteiger charge is 2.23. The molecule has 1 aliphatic heterocycles. The minimum absolute atomic E-state index is 0.397. The number of allylic oxidation sites excluding steroid dienone is 2. The third-order valence-corrected chi connectivity index (χ3v) is 3.53. The third kappa shape index (κ3) is 6.47.